The Morgan fingerprint density at radius 1 is 1.21 bits per heavy atom. The molecule has 5 rings (SSSR count). The third-order valence-corrected chi connectivity index (χ3v) is 8.00. The highest BCUT2D eigenvalue weighted by Gasteiger charge is 2.42. The van der Waals surface area contributed by atoms with Gasteiger partial charge in [0.2, 0.25) is 5.91 Å². The van der Waals surface area contributed by atoms with Crippen molar-refractivity contribution in [3.8, 4) is 0 Å². The summed E-state index contributed by atoms with van der Waals surface area (Å²) in [6.45, 7) is 9.10. The molecule has 182 valence electrons. The third-order valence-electron chi connectivity index (χ3n) is 7.77. The summed E-state index contributed by atoms with van der Waals surface area (Å²) in [6, 6.07) is 4.55. The number of halogens is 2. The third kappa shape index (κ3) is 4.40. The van der Waals surface area contributed by atoms with Crippen LogP contribution in [0.5, 0.6) is 0 Å². The average molecular weight is 486 g/mol. The molecule has 1 aromatic carbocycles. The van der Waals surface area contributed by atoms with Crippen LogP contribution in [0.4, 0.5) is 10.2 Å². The van der Waals surface area contributed by atoms with Gasteiger partial charge in [-0.05, 0) is 57.6 Å². The lowest BCUT2D eigenvalue weighted by Crippen LogP contribution is -2.53. The number of piperazine rings is 1. The fourth-order valence-electron chi connectivity index (χ4n) is 5.90. The van der Waals surface area contributed by atoms with E-state index in [0.29, 0.717) is 42.7 Å². The predicted molar refractivity (Wildman–Crippen MR) is 132 cm³/mol. The molecular formula is C26H33ClFN5O. The molecule has 8 heteroatoms. The minimum absolute atomic E-state index is 0.0163. The molecule has 0 spiro atoms. The molecule has 1 N–H and O–H groups in total. The van der Waals surface area contributed by atoms with Gasteiger partial charge in [-0.2, -0.15) is 0 Å². The normalized spacial score (nSPS) is 24.9. The zero-order chi connectivity index (χ0) is 24.0. The number of benzene rings is 1. The number of carbonyl (C=O) groups excluding carboxylic acids is 1. The molecular weight excluding hydrogens is 453 g/mol. The van der Waals surface area contributed by atoms with Crippen molar-refractivity contribution < 1.29 is 9.18 Å². The topological polar surface area (TPSA) is 61.4 Å². The summed E-state index contributed by atoms with van der Waals surface area (Å²) in [6.07, 6.45) is 5.55. The molecule has 3 aliphatic rings. The van der Waals surface area contributed by atoms with Gasteiger partial charge in [0.05, 0.1) is 5.92 Å². The maximum Gasteiger partial charge on any atom is 0.231 e. The number of aryl methyl sites for hydroxylation is 1. The van der Waals surface area contributed by atoms with Gasteiger partial charge >= 0.3 is 0 Å². The summed E-state index contributed by atoms with van der Waals surface area (Å²) in [5, 5.41) is 3.92. The van der Waals surface area contributed by atoms with Gasteiger partial charge in [0.1, 0.15) is 18.0 Å². The van der Waals surface area contributed by atoms with E-state index >= 15 is 4.39 Å². The van der Waals surface area contributed by atoms with Crippen molar-refractivity contribution in [1.82, 2.24) is 20.2 Å². The van der Waals surface area contributed by atoms with E-state index in [-0.39, 0.29) is 17.5 Å². The van der Waals surface area contributed by atoms with Crippen molar-refractivity contribution in [2.24, 2.45) is 0 Å². The lowest BCUT2D eigenvalue weighted by atomic mass is 9.88. The number of aromatic nitrogens is 2. The fraction of sp³-hybridized carbons (Fsp3) is 0.577. The van der Waals surface area contributed by atoms with Crippen LogP contribution in [0, 0.1) is 5.82 Å². The molecule has 34 heavy (non-hydrogen) atoms. The van der Waals surface area contributed by atoms with Crippen molar-refractivity contribution in [3.05, 3.63) is 52.2 Å². The summed E-state index contributed by atoms with van der Waals surface area (Å²) in [4.78, 5) is 27.1. The van der Waals surface area contributed by atoms with E-state index in [4.69, 9.17) is 11.6 Å². The fourth-order valence-corrected chi connectivity index (χ4v) is 6.06. The number of rotatable bonds is 4. The van der Waals surface area contributed by atoms with E-state index in [1.165, 1.54) is 11.6 Å². The first-order valence-electron chi connectivity index (χ1n) is 12.3. The largest absolute Gasteiger partial charge is 0.353 e. The Labute approximate surface area is 205 Å². The number of amides is 1. The van der Waals surface area contributed by atoms with E-state index in [1.54, 1.807) is 18.5 Å². The van der Waals surface area contributed by atoms with E-state index in [0.717, 1.165) is 37.2 Å². The van der Waals surface area contributed by atoms with Gasteiger partial charge in [-0.3, -0.25) is 4.79 Å². The Balaban J connectivity index is 1.36. The minimum Gasteiger partial charge on any atom is -0.353 e. The van der Waals surface area contributed by atoms with Gasteiger partial charge in [0, 0.05) is 59.6 Å². The lowest BCUT2D eigenvalue weighted by molar-refractivity contribution is -0.133. The average Bonchev–Trinajstić information content (AvgIpc) is 3.37. The highest BCUT2D eigenvalue weighted by Crippen LogP contribution is 2.38. The second-order valence-electron chi connectivity index (χ2n) is 10.6. The maximum absolute atomic E-state index is 15.0. The van der Waals surface area contributed by atoms with Crippen LogP contribution < -0.4 is 10.2 Å². The number of nitrogens with one attached hydrogen (secondary N) is 1. The van der Waals surface area contributed by atoms with E-state index in [9.17, 15) is 4.79 Å². The molecule has 1 aromatic heterocycles. The highest BCUT2D eigenvalue weighted by atomic mass is 35.5. The first kappa shape index (κ1) is 23.5. The van der Waals surface area contributed by atoms with Crippen molar-refractivity contribution in [1.29, 1.82) is 0 Å². The summed E-state index contributed by atoms with van der Waals surface area (Å²) < 4.78 is 15.0. The van der Waals surface area contributed by atoms with E-state index < -0.39 is 11.7 Å². The number of carbonyl (C=O) groups is 1. The number of hydrogen-bond donors (Lipinski definition) is 1. The van der Waals surface area contributed by atoms with Crippen LogP contribution in [0.15, 0.2) is 24.5 Å². The van der Waals surface area contributed by atoms with E-state index in [2.05, 4.69) is 41.0 Å². The Hall–Kier alpha value is -2.25. The van der Waals surface area contributed by atoms with Gasteiger partial charge in [-0.1, -0.05) is 24.6 Å². The van der Waals surface area contributed by atoms with Crippen LogP contribution in [0.2, 0.25) is 5.02 Å². The van der Waals surface area contributed by atoms with Gasteiger partial charge in [-0.25, -0.2) is 14.4 Å². The zero-order valence-electron chi connectivity index (χ0n) is 20.2. The van der Waals surface area contributed by atoms with Gasteiger partial charge in [0.15, 0.2) is 0 Å². The molecule has 3 atom stereocenters. The van der Waals surface area contributed by atoms with Crippen molar-refractivity contribution >= 4 is 23.3 Å². The molecule has 1 unspecified atom stereocenters. The first-order valence-corrected chi connectivity index (χ1v) is 12.7. The summed E-state index contributed by atoms with van der Waals surface area (Å²) >= 11 is 6.01. The van der Waals surface area contributed by atoms with Gasteiger partial charge in [-0.15, -0.1) is 0 Å². The van der Waals surface area contributed by atoms with E-state index in [1.807, 2.05) is 4.90 Å². The second kappa shape index (κ2) is 9.08. The van der Waals surface area contributed by atoms with Gasteiger partial charge < -0.3 is 15.1 Å². The molecule has 0 bridgehead atoms. The molecule has 6 nitrogen and oxygen atoms in total. The van der Waals surface area contributed by atoms with Crippen molar-refractivity contribution in [2.75, 3.05) is 31.1 Å². The molecule has 1 aliphatic carbocycles. The quantitative estimate of drug-likeness (QED) is 0.700. The zero-order valence-corrected chi connectivity index (χ0v) is 20.9. The number of anilines is 1. The van der Waals surface area contributed by atoms with Crippen LogP contribution in [-0.4, -0.2) is 58.5 Å². The molecule has 2 aromatic rings. The number of nitrogens with zero attached hydrogens (tertiary/aromatic N) is 4. The number of hydrogen-bond acceptors (Lipinski definition) is 5. The summed E-state index contributed by atoms with van der Waals surface area (Å²) in [5.74, 6) is 0.467. The molecule has 3 heterocycles. The summed E-state index contributed by atoms with van der Waals surface area (Å²) in [7, 11) is 0. The SMILES string of the molecule is C[C@@H]1CCc2ncnc(N3CCN(C(=O)C(c4ccc(Cl)cc4F)[C@@H]4CCC(C)(C)N4)CC3)c21. The van der Waals surface area contributed by atoms with Crippen LogP contribution >= 0.6 is 11.6 Å². The number of fused-ring (bicyclic) bond motifs is 1. The Bertz CT molecular complexity index is 1080. The molecule has 1 amide bonds. The Kier molecular flexibility index (Phi) is 6.27. The molecule has 2 aliphatic heterocycles. The minimum atomic E-state index is -0.575. The Morgan fingerprint density at radius 3 is 2.65 bits per heavy atom. The highest BCUT2D eigenvalue weighted by molar-refractivity contribution is 6.30. The maximum atomic E-state index is 15.0. The van der Waals surface area contributed by atoms with Crippen molar-refractivity contribution in [2.45, 2.75) is 69.9 Å². The van der Waals surface area contributed by atoms with Gasteiger partial charge in [0.25, 0.3) is 0 Å². The second-order valence-corrected chi connectivity index (χ2v) is 11.1. The van der Waals surface area contributed by atoms with Crippen molar-refractivity contribution in [3.63, 3.8) is 0 Å². The molecule has 0 saturated carbocycles. The monoisotopic (exact) mass is 485 g/mol. The lowest BCUT2D eigenvalue weighted by Gasteiger charge is -2.39. The van der Waals surface area contributed by atoms with Crippen LogP contribution in [0.25, 0.3) is 0 Å². The van der Waals surface area contributed by atoms with Crippen LogP contribution in [-0.2, 0) is 11.2 Å². The molecule has 2 saturated heterocycles. The smallest absolute Gasteiger partial charge is 0.231 e. The summed E-state index contributed by atoms with van der Waals surface area (Å²) in [5.41, 5.74) is 2.77. The predicted octanol–water partition coefficient (Wildman–Crippen LogP) is 4.28. The molecule has 0 radical (unpaired) electrons. The van der Waals surface area contributed by atoms with Crippen LogP contribution in [0.3, 0.4) is 0 Å². The standard InChI is InChI=1S/C26H33ClFN5O/c1-16-4-7-20-22(16)24(30-15-29-20)32-10-12-33(13-11-32)25(34)23(21-8-9-26(2,3)31-21)18-6-5-17(27)14-19(18)28/h5-6,14-16,21,23,31H,4,7-13H2,1-3H3/t16-,21+,23?/m1/s1. The van der Waals surface area contributed by atoms with Crippen LogP contribution in [0.1, 0.15) is 68.7 Å². The first-order chi connectivity index (χ1) is 16.2. The Morgan fingerprint density at radius 2 is 1.97 bits per heavy atom. The molecule has 2 fully saturated rings.